The second-order valence-corrected chi connectivity index (χ2v) is 4.35. The van der Waals surface area contributed by atoms with Crippen molar-refractivity contribution in [1.82, 2.24) is 15.5 Å². The van der Waals surface area contributed by atoms with E-state index in [1.165, 1.54) is 11.8 Å². The highest BCUT2D eigenvalue weighted by atomic mass is 16.5. The van der Waals surface area contributed by atoms with Crippen molar-refractivity contribution in [2.24, 2.45) is 0 Å². The molecule has 3 atom stereocenters. The molecule has 2 rings (SSSR count). The van der Waals surface area contributed by atoms with Crippen molar-refractivity contribution in [2.75, 3.05) is 13.7 Å². The van der Waals surface area contributed by atoms with E-state index in [9.17, 15) is 9.59 Å². The SMILES string of the molecule is CC.CC(=O)NC1C=CN(C2CCC(CO)O2)C(=O)N1.CO. The van der Waals surface area contributed by atoms with Gasteiger partial charge in [-0.3, -0.25) is 9.69 Å². The van der Waals surface area contributed by atoms with Crippen molar-refractivity contribution < 1.29 is 24.5 Å². The molecule has 0 radical (unpaired) electrons. The first kappa shape index (κ1) is 20.4. The number of carbonyl (C=O) groups excluding carboxylic acids is 2. The molecule has 8 nitrogen and oxygen atoms in total. The first-order valence-corrected chi connectivity index (χ1v) is 7.35. The van der Waals surface area contributed by atoms with Gasteiger partial charge in [-0.05, 0) is 18.9 Å². The highest BCUT2D eigenvalue weighted by Gasteiger charge is 2.33. The molecule has 0 bridgehead atoms. The van der Waals surface area contributed by atoms with Crippen molar-refractivity contribution in [3.05, 3.63) is 12.3 Å². The molecule has 22 heavy (non-hydrogen) atoms. The van der Waals surface area contributed by atoms with E-state index in [2.05, 4.69) is 10.6 Å². The lowest BCUT2D eigenvalue weighted by Crippen LogP contribution is -2.55. The number of nitrogens with zero attached hydrogens (tertiary/aromatic N) is 1. The molecule has 4 N–H and O–H groups in total. The smallest absolute Gasteiger partial charge is 0.325 e. The summed E-state index contributed by atoms with van der Waals surface area (Å²) in [5.74, 6) is -0.212. The van der Waals surface area contributed by atoms with Gasteiger partial charge >= 0.3 is 6.03 Å². The highest BCUT2D eigenvalue weighted by Crippen LogP contribution is 2.23. The average Bonchev–Trinajstić information content (AvgIpc) is 2.99. The number of ether oxygens (including phenoxy) is 1. The van der Waals surface area contributed by atoms with E-state index in [-0.39, 0.29) is 30.9 Å². The summed E-state index contributed by atoms with van der Waals surface area (Å²) in [6.07, 6.45) is 3.66. The van der Waals surface area contributed by atoms with Crippen LogP contribution in [0.5, 0.6) is 0 Å². The van der Waals surface area contributed by atoms with Gasteiger partial charge in [-0.15, -0.1) is 0 Å². The fourth-order valence-corrected chi connectivity index (χ4v) is 2.06. The third-order valence-corrected chi connectivity index (χ3v) is 2.91. The molecule has 0 spiro atoms. The summed E-state index contributed by atoms with van der Waals surface area (Å²) in [5, 5.41) is 21.2. The Hall–Kier alpha value is -1.64. The molecule has 0 aliphatic carbocycles. The van der Waals surface area contributed by atoms with Crippen LogP contribution in [0, 0.1) is 0 Å². The van der Waals surface area contributed by atoms with E-state index in [0.717, 1.165) is 13.5 Å². The molecule has 3 unspecified atom stereocenters. The number of amides is 3. The minimum absolute atomic E-state index is 0.0375. The van der Waals surface area contributed by atoms with Gasteiger partial charge in [0, 0.05) is 20.2 Å². The second kappa shape index (κ2) is 11.0. The summed E-state index contributed by atoms with van der Waals surface area (Å²) in [7, 11) is 1.00. The van der Waals surface area contributed by atoms with Gasteiger partial charge in [0.25, 0.3) is 0 Å². The Bertz CT molecular complexity index is 375. The van der Waals surface area contributed by atoms with Crippen LogP contribution in [0.2, 0.25) is 0 Å². The summed E-state index contributed by atoms with van der Waals surface area (Å²) in [6, 6.07) is -0.320. The molecule has 0 aromatic carbocycles. The van der Waals surface area contributed by atoms with Crippen LogP contribution in [-0.2, 0) is 9.53 Å². The maximum absolute atomic E-state index is 11.8. The van der Waals surface area contributed by atoms with Crippen LogP contribution in [-0.4, -0.2) is 59.3 Å². The van der Waals surface area contributed by atoms with E-state index in [0.29, 0.717) is 6.42 Å². The van der Waals surface area contributed by atoms with E-state index < -0.39 is 6.17 Å². The second-order valence-electron chi connectivity index (χ2n) is 4.35. The lowest BCUT2D eigenvalue weighted by molar-refractivity contribution is -0.119. The number of urea groups is 1. The van der Waals surface area contributed by atoms with Gasteiger partial charge in [0.2, 0.25) is 5.91 Å². The molecule has 2 aliphatic rings. The van der Waals surface area contributed by atoms with Crippen molar-refractivity contribution in [3.8, 4) is 0 Å². The summed E-state index contributed by atoms with van der Waals surface area (Å²) < 4.78 is 5.51. The van der Waals surface area contributed by atoms with Crippen molar-refractivity contribution >= 4 is 11.9 Å². The number of hydrogen-bond donors (Lipinski definition) is 4. The molecular weight excluding hydrogens is 290 g/mol. The lowest BCUT2D eigenvalue weighted by atomic mass is 10.2. The third kappa shape index (κ3) is 6.00. The molecule has 1 saturated heterocycles. The van der Waals surface area contributed by atoms with Gasteiger partial charge in [0.1, 0.15) is 12.4 Å². The number of rotatable bonds is 3. The lowest BCUT2D eigenvalue weighted by Gasteiger charge is -2.31. The van der Waals surface area contributed by atoms with Gasteiger partial charge in [0.15, 0.2) is 0 Å². The third-order valence-electron chi connectivity index (χ3n) is 2.91. The number of aliphatic hydroxyl groups excluding tert-OH is 2. The largest absolute Gasteiger partial charge is 0.400 e. The maximum atomic E-state index is 11.8. The Balaban J connectivity index is 0.00000102. The minimum atomic E-state index is -0.485. The number of hydrogen-bond acceptors (Lipinski definition) is 5. The Morgan fingerprint density at radius 2 is 2.09 bits per heavy atom. The average molecular weight is 317 g/mol. The van der Waals surface area contributed by atoms with E-state index in [1.54, 1.807) is 12.3 Å². The number of aliphatic hydroxyl groups is 2. The molecular formula is C14H27N3O5. The number of carbonyl (C=O) groups is 2. The van der Waals surface area contributed by atoms with E-state index >= 15 is 0 Å². The fraction of sp³-hybridized carbons (Fsp3) is 0.714. The first-order chi connectivity index (χ1) is 10.6. The molecule has 8 heteroatoms. The van der Waals surface area contributed by atoms with Crippen molar-refractivity contribution in [2.45, 2.75) is 52.1 Å². The zero-order valence-corrected chi connectivity index (χ0v) is 13.6. The van der Waals surface area contributed by atoms with Gasteiger partial charge in [0.05, 0.1) is 12.7 Å². The van der Waals surface area contributed by atoms with Crippen LogP contribution in [0.1, 0.15) is 33.6 Å². The standard InChI is InChI=1S/C11H17N3O4.C2H6.CH4O/c1-7(16)12-9-4-5-14(11(17)13-9)10-3-2-8(6-15)18-10;2*1-2/h4-5,8-10,15H,2-3,6H2,1H3,(H,12,16)(H,13,17);1-2H3;2H,1H3. The Morgan fingerprint density at radius 3 is 2.55 bits per heavy atom. The molecule has 1 fully saturated rings. The summed E-state index contributed by atoms with van der Waals surface area (Å²) >= 11 is 0. The molecule has 0 aromatic rings. The van der Waals surface area contributed by atoms with E-state index in [1.807, 2.05) is 13.8 Å². The maximum Gasteiger partial charge on any atom is 0.325 e. The Labute approximate surface area is 131 Å². The Kier molecular flexibility index (Phi) is 10.2. The monoisotopic (exact) mass is 317 g/mol. The normalized spacial score (nSPS) is 26.2. The molecule has 2 aliphatic heterocycles. The first-order valence-electron chi connectivity index (χ1n) is 7.35. The molecule has 0 aromatic heterocycles. The van der Waals surface area contributed by atoms with Crippen LogP contribution >= 0.6 is 0 Å². The molecule has 2 heterocycles. The van der Waals surface area contributed by atoms with E-state index in [4.69, 9.17) is 14.9 Å². The van der Waals surface area contributed by atoms with Crippen molar-refractivity contribution in [3.63, 3.8) is 0 Å². The van der Waals surface area contributed by atoms with Crippen LogP contribution in [0.25, 0.3) is 0 Å². The van der Waals surface area contributed by atoms with Crippen molar-refractivity contribution in [1.29, 1.82) is 0 Å². The molecule has 0 saturated carbocycles. The Morgan fingerprint density at radius 1 is 1.45 bits per heavy atom. The summed E-state index contributed by atoms with van der Waals surface area (Å²) in [5.41, 5.74) is 0. The van der Waals surface area contributed by atoms with Gasteiger partial charge in [-0.25, -0.2) is 4.79 Å². The minimum Gasteiger partial charge on any atom is -0.400 e. The van der Waals surface area contributed by atoms with Crippen LogP contribution in [0.15, 0.2) is 12.3 Å². The fourth-order valence-electron chi connectivity index (χ4n) is 2.06. The van der Waals surface area contributed by atoms with Gasteiger partial charge in [-0.1, -0.05) is 13.8 Å². The van der Waals surface area contributed by atoms with Gasteiger partial charge in [-0.2, -0.15) is 0 Å². The summed E-state index contributed by atoms with van der Waals surface area (Å²) in [4.78, 5) is 24.2. The quantitative estimate of drug-likeness (QED) is 0.591. The van der Waals surface area contributed by atoms with Crippen LogP contribution in [0.3, 0.4) is 0 Å². The summed E-state index contributed by atoms with van der Waals surface area (Å²) in [6.45, 7) is 5.35. The van der Waals surface area contributed by atoms with Gasteiger partial charge < -0.3 is 25.6 Å². The highest BCUT2D eigenvalue weighted by molar-refractivity contribution is 5.79. The van der Waals surface area contributed by atoms with Crippen LogP contribution in [0.4, 0.5) is 4.79 Å². The molecule has 128 valence electrons. The predicted molar refractivity (Wildman–Crippen MR) is 81.6 cm³/mol. The number of nitrogens with one attached hydrogen (secondary N) is 2. The topological polar surface area (TPSA) is 111 Å². The zero-order chi connectivity index (χ0) is 17.1. The zero-order valence-electron chi connectivity index (χ0n) is 13.6. The van der Waals surface area contributed by atoms with Crippen LogP contribution < -0.4 is 10.6 Å². The molecule has 3 amide bonds. The predicted octanol–water partition coefficient (Wildman–Crippen LogP) is 0.120.